The fourth-order valence-electron chi connectivity index (χ4n) is 9.04. The molecule has 8 aromatic carbocycles. The third-order valence-electron chi connectivity index (χ3n) is 12.5. The number of rotatable bonds is 9. The Morgan fingerprint density at radius 2 is 1.31 bits per heavy atom. The third-order valence-corrected chi connectivity index (χ3v) is 18.0. The van der Waals surface area contributed by atoms with E-state index in [1.807, 2.05) is 44.2 Å². The number of aryl methyl sites for hydroxylation is 1. The summed E-state index contributed by atoms with van der Waals surface area (Å²) < 4.78 is 50.5. The summed E-state index contributed by atoms with van der Waals surface area (Å²) in [6.07, 6.45) is 0. The molecule has 0 N–H and O–H groups in total. The van der Waals surface area contributed by atoms with Crippen LogP contribution >= 0.6 is 11.3 Å². The molecule has 2 aromatic heterocycles. The second kappa shape index (κ2) is 20.3. The topological polar surface area (TPSA) is 17.8 Å². The van der Waals surface area contributed by atoms with E-state index in [2.05, 4.69) is 159 Å². The molecule has 342 valence electrons. The number of hydrogen-bond donors (Lipinski definition) is 0. The maximum absolute atomic E-state index is 13.7. The Hall–Kier alpha value is -5.43. The van der Waals surface area contributed by atoms with Crippen LogP contribution in [0.2, 0.25) is 17.3 Å². The van der Waals surface area contributed by atoms with Crippen LogP contribution in [0.4, 0.5) is 4.39 Å². The van der Waals surface area contributed by atoms with Crippen LogP contribution in [-0.2, 0) is 20.1 Å². The number of nitrogens with zero attached hydrogens (tertiary/aromatic N) is 2. The van der Waals surface area contributed by atoms with Gasteiger partial charge in [0.1, 0.15) is 5.82 Å². The number of imidazole rings is 1. The van der Waals surface area contributed by atoms with Crippen molar-refractivity contribution in [1.29, 1.82) is 0 Å². The number of benzene rings is 8. The molecule has 0 aliphatic rings. The molecule has 0 aliphatic carbocycles. The van der Waals surface area contributed by atoms with Gasteiger partial charge in [-0.25, -0.2) is 4.39 Å². The molecule has 0 bridgehead atoms. The van der Waals surface area contributed by atoms with Crippen LogP contribution in [0.1, 0.15) is 87.0 Å². The molecule has 0 saturated heterocycles. The SMILES string of the molecule is CC(C)c1cc(-c2ccccc2)cc(C(C)C)c1-n1c(-c2[c-]ccc3c2sc2cc(-c4ccc(F)cc4)ccc23)nc2ccccc21.[2H]C([2H])([2H])c1c[c-]c(-c2[c-]c[c]([Ge]([CH3])([CH3])[CH3])c(C([2H])(C)C)c2)cc1.[Ir+3]. The number of hydrogen-bond acceptors (Lipinski definition) is 2. The third kappa shape index (κ3) is 9.87. The van der Waals surface area contributed by atoms with E-state index in [9.17, 15) is 4.39 Å². The molecule has 68 heavy (non-hydrogen) atoms. The number of fused-ring (bicyclic) bond motifs is 4. The molecule has 0 spiro atoms. The summed E-state index contributed by atoms with van der Waals surface area (Å²) in [5, 5.41) is 2.39. The molecule has 0 unspecified atom stereocenters. The van der Waals surface area contributed by atoms with Crippen LogP contribution in [0.3, 0.4) is 0 Å². The van der Waals surface area contributed by atoms with Crippen LogP contribution in [-0.4, -0.2) is 22.8 Å². The summed E-state index contributed by atoms with van der Waals surface area (Å²) in [6, 6.07) is 60.3. The molecule has 2 nitrogen and oxygen atoms in total. The first kappa shape index (κ1) is 43.8. The Balaban J connectivity index is 0.000000235. The van der Waals surface area contributed by atoms with E-state index in [1.165, 1.54) is 66.0 Å². The van der Waals surface area contributed by atoms with E-state index in [0.717, 1.165) is 54.9 Å². The van der Waals surface area contributed by atoms with Gasteiger partial charge in [-0.1, -0.05) is 105 Å². The fourth-order valence-corrected chi connectivity index (χ4v) is 13.7. The van der Waals surface area contributed by atoms with E-state index >= 15 is 0 Å². The molecule has 10 aromatic rings. The zero-order valence-electron chi connectivity index (χ0n) is 44.1. The quantitative estimate of drug-likeness (QED) is 0.104. The maximum Gasteiger partial charge on any atom is 3.00 e. The monoisotopic (exact) mass is 1150 g/mol. The van der Waals surface area contributed by atoms with Gasteiger partial charge in [-0.05, 0) is 97.8 Å². The Kier molecular flexibility index (Phi) is 13.1. The van der Waals surface area contributed by atoms with Crippen LogP contribution in [0.25, 0.3) is 81.7 Å². The predicted molar refractivity (Wildman–Crippen MR) is 289 cm³/mol. The van der Waals surface area contributed by atoms with Crippen molar-refractivity contribution in [2.24, 2.45) is 0 Å². The summed E-state index contributed by atoms with van der Waals surface area (Å²) in [5.41, 5.74) is 14.4. The molecule has 0 fully saturated rings. The molecule has 0 atom stereocenters. The van der Waals surface area contributed by atoms with Crippen molar-refractivity contribution in [1.82, 2.24) is 9.55 Å². The first-order valence-electron chi connectivity index (χ1n) is 25.1. The van der Waals surface area contributed by atoms with Gasteiger partial charge in [0, 0.05) is 10.4 Å². The van der Waals surface area contributed by atoms with Crippen molar-refractivity contribution >= 4 is 60.2 Å². The summed E-state index contributed by atoms with van der Waals surface area (Å²) in [6.45, 7) is 10.8. The second-order valence-electron chi connectivity index (χ2n) is 19.3. The Bertz CT molecular complexity index is 3520. The van der Waals surface area contributed by atoms with Crippen molar-refractivity contribution < 1.29 is 30.0 Å². The van der Waals surface area contributed by atoms with Crippen LogP contribution in [0.5, 0.6) is 0 Å². The zero-order chi connectivity index (χ0) is 50.6. The first-order valence-corrected chi connectivity index (χ1v) is 31.3. The van der Waals surface area contributed by atoms with E-state index < -0.39 is 26.0 Å². The minimum Gasteiger partial charge on any atom is 3.00 e. The van der Waals surface area contributed by atoms with Crippen molar-refractivity contribution in [3.8, 4) is 50.5 Å². The summed E-state index contributed by atoms with van der Waals surface area (Å²) in [7, 11) is 0. The van der Waals surface area contributed by atoms with Gasteiger partial charge >= 0.3 is 152 Å². The van der Waals surface area contributed by atoms with Gasteiger partial charge in [0.25, 0.3) is 0 Å². The molecule has 2 heterocycles. The predicted octanol–water partition coefficient (Wildman–Crippen LogP) is 17.5. The number of halogens is 1. The summed E-state index contributed by atoms with van der Waals surface area (Å²) in [5.74, 6) is 7.51. The van der Waals surface area contributed by atoms with E-state index in [1.54, 1.807) is 23.5 Å². The first-order chi connectivity index (χ1) is 33.7. The zero-order valence-corrected chi connectivity index (χ0v) is 45.4. The summed E-state index contributed by atoms with van der Waals surface area (Å²) >= 11 is -0.338. The van der Waals surface area contributed by atoms with Crippen LogP contribution < -0.4 is 4.40 Å². The van der Waals surface area contributed by atoms with Gasteiger partial charge in [0.2, 0.25) is 0 Å². The van der Waals surface area contributed by atoms with E-state index in [-0.39, 0.29) is 43.3 Å². The van der Waals surface area contributed by atoms with Crippen molar-refractivity contribution in [3.05, 3.63) is 198 Å². The maximum atomic E-state index is 13.7. The number of para-hydroxylation sites is 2. The van der Waals surface area contributed by atoms with Gasteiger partial charge in [-0.2, -0.15) is 11.3 Å². The second-order valence-corrected chi connectivity index (χ2v) is 30.9. The minimum atomic E-state index is -2.11. The smallest absolute Gasteiger partial charge is 3.00 e. The van der Waals surface area contributed by atoms with Crippen LogP contribution in [0.15, 0.2) is 152 Å². The molecular weight excluding hydrogens is 1090 g/mol. The Labute approximate surface area is 428 Å². The van der Waals surface area contributed by atoms with Crippen molar-refractivity contribution in [2.75, 3.05) is 0 Å². The van der Waals surface area contributed by atoms with E-state index in [0.29, 0.717) is 0 Å². The number of aromatic nitrogens is 2. The van der Waals surface area contributed by atoms with Gasteiger partial charge < -0.3 is 4.57 Å². The molecule has 0 radical (unpaired) electrons. The molecule has 10 rings (SSSR count). The summed E-state index contributed by atoms with van der Waals surface area (Å²) in [4.78, 5) is 5.34. The van der Waals surface area contributed by atoms with Crippen LogP contribution in [0, 0.1) is 30.9 Å². The average molecular weight is 1150 g/mol. The largest absolute Gasteiger partial charge is 3.00 e. The van der Waals surface area contributed by atoms with Gasteiger partial charge in [-0.15, -0.1) is 18.2 Å². The molecular formula is C62H58FGeIrN2S. The standard InChI is InChI=1S/C43H34FN2S.C19H24Ge.Ir/c1-26(2)36-23-31(28-11-6-5-7-12-28)24-37(27(3)4)41(36)46-39-16-9-8-15-38(39)45-43(46)35-14-10-13-34-33-22-19-30(25-40(33)47-42(34)35)29-17-20-32(44)21-18-29;1-14(2)18-13-17(11-12-19(18)20(4,5)6)16-9-7-15(3)8-10-16;/h5-13,15-27H,1-4H3;7-9,12-14H,1-6H3;/q-1;-2;+3/i;3D3,14D;. The van der Waals surface area contributed by atoms with Gasteiger partial charge in [0.05, 0.1) is 16.9 Å². The minimum absolute atomic E-state index is 0. The molecule has 0 aliphatic heterocycles. The normalized spacial score (nSPS) is 12.9. The fraction of sp³-hybridized carbons (Fsp3) is 0.210. The van der Waals surface area contributed by atoms with Gasteiger partial charge in [0.15, 0.2) is 0 Å². The Morgan fingerprint density at radius 3 is 1.96 bits per heavy atom. The van der Waals surface area contributed by atoms with Gasteiger partial charge in [-0.3, -0.25) is 4.98 Å². The van der Waals surface area contributed by atoms with Crippen molar-refractivity contribution in [3.63, 3.8) is 0 Å². The molecule has 0 saturated carbocycles. The molecule has 6 heteroatoms. The molecule has 0 amide bonds. The average Bonchev–Trinajstić information content (AvgIpc) is 3.92. The van der Waals surface area contributed by atoms with E-state index in [4.69, 9.17) is 10.5 Å². The number of thiophene rings is 1. The van der Waals surface area contributed by atoms with Crippen molar-refractivity contribution in [2.45, 2.75) is 83.4 Å². The Morgan fingerprint density at radius 1 is 0.647 bits per heavy atom.